The predicted octanol–water partition coefficient (Wildman–Crippen LogP) is 4.11. The van der Waals surface area contributed by atoms with Crippen LogP contribution in [-0.4, -0.2) is 15.3 Å². The Balaban J connectivity index is 2.00. The first-order chi connectivity index (χ1) is 10.5. The molecule has 112 valence electrons. The van der Waals surface area contributed by atoms with E-state index in [-0.39, 0.29) is 5.91 Å². The Bertz CT molecular complexity index is 888. The number of benzene rings is 1. The van der Waals surface area contributed by atoms with E-state index in [1.54, 1.807) is 13.0 Å². The topological polar surface area (TPSA) is 46.4 Å². The Morgan fingerprint density at radius 1 is 1.27 bits per heavy atom. The van der Waals surface area contributed by atoms with Gasteiger partial charge in [-0.3, -0.25) is 9.20 Å². The highest BCUT2D eigenvalue weighted by Gasteiger charge is 2.17. The van der Waals surface area contributed by atoms with Crippen molar-refractivity contribution in [3.63, 3.8) is 0 Å². The number of aryl methyl sites for hydroxylation is 2. The van der Waals surface area contributed by atoms with Crippen molar-refractivity contribution in [2.75, 3.05) is 5.32 Å². The van der Waals surface area contributed by atoms with E-state index in [1.165, 1.54) is 16.7 Å². The SMILES string of the molecule is Cc1ccc(NC(=O)c2c(C)nc3ccc(F)cn23)cc1Br. The van der Waals surface area contributed by atoms with Crippen molar-refractivity contribution in [2.45, 2.75) is 13.8 Å². The van der Waals surface area contributed by atoms with E-state index in [4.69, 9.17) is 0 Å². The van der Waals surface area contributed by atoms with E-state index in [1.807, 2.05) is 25.1 Å². The fourth-order valence-corrected chi connectivity index (χ4v) is 2.65. The predicted molar refractivity (Wildman–Crippen MR) is 86.7 cm³/mol. The molecule has 3 rings (SSSR count). The van der Waals surface area contributed by atoms with Gasteiger partial charge in [-0.25, -0.2) is 9.37 Å². The minimum absolute atomic E-state index is 0.325. The number of aromatic nitrogens is 2. The molecule has 0 unspecified atom stereocenters. The smallest absolute Gasteiger partial charge is 0.274 e. The van der Waals surface area contributed by atoms with E-state index in [0.717, 1.165) is 10.0 Å². The highest BCUT2D eigenvalue weighted by molar-refractivity contribution is 9.10. The van der Waals surface area contributed by atoms with Crippen LogP contribution < -0.4 is 5.32 Å². The van der Waals surface area contributed by atoms with Gasteiger partial charge in [-0.15, -0.1) is 0 Å². The molecule has 2 heterocycles. The zero-order chi connectivity index (χ0) is 15.9. The molecule has 0 saturated heterocycles. The first-order valence-electron chi connectivity index (χ1n) is 6.67. The van der Waals surface area contributed by atoms with Gasteiger partial charge in [-0.05, 0) is 43.7 Å². The molecule has 0 aliphatic rings. The molecule has 6 heteroatoms. The third-order valence-electron chi connectivity index (χ3n) is 3.40. The number of halogens is 2. The van der Waals surface area contributed by atoms with Crippen LogP contribution in [0.2, 0.25) is 0 Å². The number of fused-ring (bicyclic) bond motifs is 1. The fourth-order valence-electron chi connectivity index (χ4n) is 2.27. The Morgan fingerprint density at radius 2 is 2.05 bits per heavy atom. The summed E-state index contributed by atoms with van der Waals surface area (Å²) in [6.45, 7) is 3.69. The maximum Gasteiger partial charge on any atom is 0.274 e. The second kappa shape index (κ2) is 5.53. The second-order valence-corrected chi connectivity index (χ2v) is 5.89. The number of carbonyl (C=O) groups excluding carboxylic acids is 1. The van der Waals surface area contributed by atoms with Crippen LogP contribution in [0.15, 0.2) is 41.0 Å². The van der Waals surface area contributed by atoms with Crippen LogP contribution in [0.1, 0.15) is 21.7 Å². The van der Waals surface area contributed by atoms with Crippen molar-refractivity contribution in [1.82, 2.24) is 9.38 Å². The van der Waals surface area contributed by atoms with E-state index in [9.17, 15) is 9.18 Å². The number of anilines is 1. The molecule has 0 spiro atoms. The molecule has 4 nitrogen and oxygen atoms in total. The van der Waals surface area contributed by atoms with Crippen LogP contribution in [0.3, 0.4) is 0 Å². The third-order valence-corrected chi connectivity index (χ3v) is 4.26. The van der Waals surface area contributed by atoms with Gasteiger partial charge in [-0.2, -0.15) is 0 Å². The summed E-state index contributed by atoms with van der Waals surface area (Å²) in [5, 5.41) is 2.81. The van der Waals surface area contributed by atoms with Crippen molar-refractivity contribution in [1.29, 1.82) is 0 Å². The largest absolute Gasteiger partial charge is 0.321 e. The molecule has 0 radical (unpaired) electrons. The van der Waals surface area contributed by atoms with Crippen molar-refractivity contribution < 1.29 is 9.18 Å². The summed E-state index contributed by atoms with van der Waals surface area (Å²) in [6.07, 6.45) is 1.26. The number of hydrogen-bond donors (Lipinski definition) is 1. The molecule has 0 bridgehead atoms. The van der Waals surface area contributed by atoms with Gasteiger partial charge in [-0.1, -0.05) is 22.0 Å². The highest BCUT2D eigenvalue weighted by Crippen LogP contribution is 2.22. The Labute approximate surface area is 135 Å². The molecule has 0 aliphatic heterocycles. The van der Waals surface area contributed by atoms with Crippen LogP contribution in [0.4, 0.5) is 10.1 Å². The van der Waals surface area contributed by atoms with Gasteiger partial charge < -0.3 is 5.32 Å². The van der Waals surface area contributed by atoms with Gasteiger partial charge >= 0.3 is 0 Å². The van der Waals surface area contributed by atoms with E-state index in [2.05, 4.69) is 26.2 Å². The lowest BCUT2D eigenvalue weighted by Gasteiger charge is -2.07. The van der Waals surface area contributed by atoms with Gasteiger partial charge in [0.05, 0.1) is 5.69 Å². The van der Waals surface area contributed by atoms with Crippen LogP contribution in [0, 0.1) is 19.7 Å². The van der Waals surface area contributed by atoms with Crippen molar-refractivity contribution in [3.05, 3.63) is 63.8 Å². The number of nitrogens with one attached hydrogen (secondary N) is 1. The summed E-state index contributed by atoms with van der Waals surface area (Å²) in [7, 11) is 0. The summed E-state index contributed by atoms with van der Waals surface area (Å²) in [5.74, 6) is -0.747. The van der Waals surface area contributed by atoms with Gasteiger partial charge in [0.15, 0.2) is 0 Å². The monoisotopic (exact) mass is 361 g/mol. The maximum atomic E-state index is 13.4. The first-order valence-corrected chi connectivity index (χ1v) is 7.47. The zero-order valence-corrected chi connectivity index (χ0v) is 13.6. The van der Waals surface area contributed by atoms with Crippen LogP contribution >= 0.6 is 15.9 Å². The Morgan fingerprint density at radius 3 is 2.77 bits per heavy atom. The Hall–Kier alpha value is -2.21. The van der Waals surface area contributed by atoms with E-state index < -0.39 is 5.82 Å². The molecule has 0 atom stereocenters. The summed E-state index contributed by atoms with van der Waals surface area (Å²) in [4.78, 5) is 16.8. The Kier molecular flexibility index (Phi) is 3.70. The molecule has 22 heavy (non-hydrogen) atoms. The molecule has 0 fully saturated rings. The summed E-state index contributed by atoms with van der Waals surface area (Å²) >= 11 is 3.43. The molecule has 0 aliphatic carbocycles. The van der Waals surface area contributed by atoms with Crippen LogP contribution in [0.5, 0.6) is 0 Å². The number of pyridine rings is 1. The summed E-state index contributed by atoms with van der Waals surface area (Å²) in [5.41, 5.74) is 3.15. The lowest BCUT2D eigenvalue weighted by atomic mass is 10.2. The number of hydrogen-bond acceptors (Lipinski definition) is 2. The minimum atomic E-state index is -0.419. The fraction of sp³-hybridized carbons (Fsp3) is 0.125. The van der Waals surface area contributed by atoms with E-state index >= 15 is 0 Å². The number of carbonyl (C=O) groups is 1. The van der Waals surface area contributed by atoms with Crippen LogP contribution in [-0.2, 0) is 0 Å². The van der Waals surface area contributed by atoms with Crippen molar-refractivity contribution >= 4 is 33.2 Å². The second-order valence-electron chi connectivity index (χ2n) is 5.04. The third kappa shape index (κ3) is 2.62. The van der Waals surface area contributed by atoms with Crippen LogP contribution in [0.25, 0.3) is 5.65 Å². The van der Waals surface area contributed by atoms with E-state index in [0.29, 0.717) is 22.7 Å². The zero-order valence-electron chi connectivity index (χ0n) is 12.0. The quantitative estimate of drug-likeness (QED) is 0.746. The summed E-state index contributed by atoms with van der Waals surface area (Å²) in [6, 6.07) is 8.41. The molecule has 2 aromatic heterocycles. The van der Waals surface area contributed by atoms with Crippen molar-refractivity contribution in [2.24, 2.45) is 0 Å². The first kappa shape index (κ1) is 14.7. The average molecular weight is 362 g/mol. The van der Waals surface area contributed by atoms with Gasteiger partial charge in [0.25, 0.3) is 5.91 Å². The number of rotatable bonds is 2. The average Bonchev–Trinajstić information content (AvgIpc) is 2.78. The normalized spacial score (nSPS) is 10.9. The molecular weight excluding hydrogens is 349 g/mol. The lowest BCUT2D eigenvalue weighted by Crippen LogP contribution is -2.15. The minimum Gasteiger partial charge on any atom is -0.321 e. The van der Waals surface area contributed by atoms with Crippen molar-refractivity contribution in [3.8, 4) is 0 Å². The van der Waals surface area contributed by atoms with Gasteiger partial charge in [0.2, 0.25) is 0 Å². The number of imidazole rings is 1. The molecule has 0 saturated carbocycles. The lowest BCUT2D eigenvalue weighted by molar-refractivity contribution is 0.102. The molecule has 1 N–H and O–H groups in total. The molecular formula is C16H13BrFN3O. The standard InChI is InChI=1S/C16H13BrFN3O/c1-9-3-5-12(7-13(9)17)20-16(22)15-10(2)19-14-6-4-11(18)8-21(14)15/h3-8H,1-2H3,(H,20,22). The summed E-state index contributed by atoms with van der Waals surface area (Å²) < 4.78 is 15.8. The van der Waals surface area contributed by atoms with Gasteiger partial charge in [0.1, 0.15) is 17.2 Å². The number of amides is 1. The molecule has 3 aromatic rings. The molecule has 1 aromatic carbocycles. The van der Waals surface area contributed by atoms with Gasteiger partial charge in [0, 0.05) is 16.4 Å². The highest BCUT2D eigenvalue weighted by atomic mass is 79.9. The maximum absolute atomic E-state index is 13.4. The number of nitrogens with zero attached hydrogens (tertiary/aromatic N) is 2. The molecule has 1 amide bonds.